The van der Waals surface area contributed by atoms with Gasteiger partial charge in [-0.15, -0.1) is 0 Å². The van der Waals surface area contributed by atoms with Crippen molar-refractivity contribution in [1.82, 2.24) is 5.32 Å². The normalized spacial score (nSPS) is 12.5. The summed E-state index contributed by atoms with van der Waals surface area (Å²) in [6.07, 6.45) is 3.26. The Kier molecular flexibility index (Phi) is 7.93. The van der Waals surface area contributed by atoms with Gasteiger partial charge in [-0.2, -0.15) is 0 Å². The van der Waals surface area contributed by atoms with Gasteiger partial charge in [0.25, 0.3) is 0 Å². The Bertz CT molecular complexity index is 173. The molecule has 5 heteroatoms. The number of nitrogens with one attached hydrogen (secondary N) is 1. The van der Waals surface area contributed by atoms with E-state index < -0.39 is 10.8 Å². The first kappa shape index (κ1) is 12.6. The molecule has 0 saturated carbocycles. The van der Waals surface area contributed by atoms with Gasteiger partial charge in [0.2, 0.25) is 5.91 Å². The van der Waals surface area contributed by atoms with Crippen molar-refractivity contribution in [3.63, 3.8) is 0 Å². The largest absolute Gasteiger partial charge is 0.396 e. The molecule has 78 valence electrons. The van der Waals surface area contributed by atoms with E-state index in [1.54, 1.807) is 6.26 Å². The van der Waals surface area contributed by atoms with E-state index in [0.29, 0.717) is 25.1 Å². The first-order valence-corrected chi connectivity index (χ1v) is 6.07. The minimum absolute atomic E-state index is 0.0454. The molecular weight excluding hydrogens is 190 g/mol. The summed E-state index contributed by atoms with van der Waals surface area (Å²) in [6.45, 7) is 0.621. The summed E-state index contributed by atoms with van der Waals surface area (Å²) in [5.41, 5.74) is 0. The summed E-state index contributed by atoms with van der Waals surface area (Å²) < 4.78 is 10.6. The zero-order valence-corrected chi connectivity index (χ0v) is 8.73. The maximum absolute atomic E-state index is 10.9. The van der Waals surface area contributed by atoms with Crippen molar-refractivity contribution in [3.8, 4) is 0 Å². The van der Waals surface area contributed by atoms with Crippen LogP contribution >= 0.6 is 0 Å². The molecule has 0 aliphatic heterocycles. The fraction of sp³-hybridized carbons (Fsp3) is 0.875. The smallest absolute Gasteiger partial charge is 0.220 e. The Hall–Kier alpha value is -0.420. The molecule has 13 heavy (non-hydrogen) atoms. The molecule has 0 aliphatic rings. The summed E-state index contributed by atoms with van der Waals surface area (Å²) in [4.78, 5) is 10.9. The molecule has 0 aliphatic carbocycles. The van der Waals surface area contributed by atoms with Crippen molar-refractivity contribution in [2.45, 2.75) is 19.3 Å². The second-order valence-electron chi connectivity index (χ2n) is 2.81. The molecule has 0 fully saturated rings. The van der Waals surface area contributed by atoms with Crippen LogP contribution in [0, 0.1) is 0 Å². The highest BCUT2D eigenvalue weighted by atomic mass is 32.2. The lowest BCUT2D eigenvalue weighted by Crippen LogP contribution is -2.25. The molecular formula is C8H17NO3S. The average molecular weight is 207 g/mol. The summed E-state index contributed by atoms with van der Waals surface area (Å²) >= 11 is 0. The molecule has 1 amide bonds. The summed E-state index contributed by atoms with van der Waals surface area (Å²) in [7, 11) is -0.777. The monoisotopic (exact) mass is 207 g/mol. The SMILES string of the molecule is CS(=O)CCCNC(=O)CCCO. The van der Waals surface area contributed by atoms with E-state index in [4.69, 9.17) is 5.11 Å². The van der Waals surface area contributed by atoms with Crippen LogP contribution < -0.4 is 5.32 Å². The number of carbonyl (C=O) groups is 1. The standard InChI is InChI=1S/C8H17NO3S/c1-13(12)7-3-5-9-8(11)4-2-6-10/h10H,2-7H2,1H3,(H,9,11). The molecule has 0 rings (SSSR count). The van der Waals surface area contributed by atoms with Crippen LogP contribution in [-0.4, -0.2) is 40.4 Å². The number of hydrogen-bond acceptors (Lipinski definition) is 3. The zero-order chi connectivity index (χ0) is 10.1. The Morgan fingerprint density at radius 3 is 2.69 bits per heavy atom. The highest BCUT2D eigenvalue weighted by molar-refractivity contribution is 7.84. The van der Waals surface area contributed by atoms with Gasteiger partial charge in [0, 0.05) is 42.4 Å². The molecule has 1 atom stereocenters. The van der Waals surface area contributed by atoms with Gasteiger partial charge in [0.05, 0.1) is 0 Å². The van der Waals surface area contributed by atoms with Gasteiger partial charge in [-0.3, -0.25) is 9.00 Å². The lowest BCUT2D eigenvalue weighted by molar-refractivity contribution is -0.121. The maximum atomic E-state index is 10.9. The van der Waals surface area contributed by atoms with E-state index in [9.17, 15) is 9.00 Å². The highest BCUT2D eigenvalue weighted by Crippen LogP contribution is 1.87. The van der Waals surface area contributed by atoms with E-state index in [1.807, 2.05) is 0 Å². The van der Waals surface area contributed by atoms with E-state index in [2.05, 4.69) is 5.32 Å². The van der Waals surface area contributed by atoms with Gasteiger partial charge in [0.1, 0.15) is 0 Å². The molecule has 0 bridgehead atoms. The first-order chi connectivity index (χ1) is 6.16. The third kappa shape index (κ3) is 9.49. The van der Waals surface area contributed by atoms with Gasteiger partial charge in [-0.05, 0) is 12.8 Å². The van der Waals surface area contributed by atoms with E-state index >= 15 is 0 Å². The van der Waals surface area contributed by atoms with Gasteiger partial charge < -0.3 is 10.4 Å². The van der Waals surface area contributed by atoms with E-state index in [0.717, 1.165) is 6.42 Å². The van der Waals surface area contributed by atoms with Crippen molar-refractivity contribution < 1.29 is 14.1 Å². The van der Waals surface area contributed by atoms with Gasteiger partial charge >= 0.3 is 0 Å². The number of aliphatic hydroxyl groups excluding tert-OH is 1. The fourth-order valence-electron chi connectivity index (χ4n) is 0.831. The van der Waals surface area contributed by atoms with Crippen LogP contribution in [0.1, 0.15) is 19.3 Å². The lowest BCUT2D eigenvalue weighted by Gasteiger charge is -2.02. The molecule has 0 spiro atoms. The van der Waals surface area contributed by atoms with Crippen molar-refractivity contribution in [2.24, 2.45) is 0 Å². The molecule has 1 unspecified atom stereocenters. The first-order valence-electron chi connectivity index (χ1n) is 4.34. The Balaban J connectivity index is 3.22. The highest BCUT2D eigenvalue weighted by Gasteiger charge is 1.99. The Morgan fingerprint density at radius 1 is 1.46 bits per heavy atom. The predicted octanol–water partition coefficient (Wildman–Crippen LogP) is -0.356. The predicted molar refractivity (Wildman–Crippen MR) is 52.9 cm³/mol. The molecule has 0 aromatic heterocycles. The van der Waals surface area contributed by atoms with Gasteiger partial charge in [-0.25, -0.2) is 0 Å². The number of carbonyl (C=O) groups excluding carboxylic acids is 1. The van der Waals surface area contributed by atoms with Crippen LogP contribution in [-0.2, 0) is 15.6 Å². The van der Waals surface area contributed by atoms with Crippen molar-refractivity contribution in [3.05, 3.63) is 0 Å². The van der Waals surface area contributed by atoms with Crippen molar-refractivity contribution >= 4 is 16.7 Å². The topological polar surface area (TPSA) is 66.4 Å². The van der Waals surface area contributed by atoms with Crippen molar-refractivity contribution in [2.75, 3.05) is 25.2 Å². The van der Waals surface area contributed by atoms with Crippen LogP contribution in [0.4, 0.5) is 0 Å². The van der Waals surface area contributed by atoms with Crippen molar-refractivity contribution in [1.29, 1.82) is 0 Å². The number of rotatable bonds is 7. The number of amides is 1. The molecule has 0 aromatic carbocycles. The summed E-state index contributed by atoms with van der Waals surface area (Å²) in [5.74, 6) is 0.580. The van der Waals surface area contributed by atoms with Crippen LogP contribution in [0.3, 0.4) is 0 Å². The molecule has 4 nitrogen and oxygen atoms in total. The molecule has 0 radical (unpaired) electrons. The quantitative estimate of drug-likeness (QED) is 0.560. The van der Waals surface area contributed by atoms with Crippen LogP contribution in [0.25, 0.3) is 0 Å². The third-order valence-corrected chi connectivity index (χ3v) is 2.36. The maximum Gasteiger partial charge on any atom is 0.220 e. The summed E-state index contributed by atoms with van der Waals surface area (Å²) in [6, 6.07) is 0. The average Bonchev–Trinajstić information content (AvgIpc) is 2.08. The third-order valence-electron chi connectivity index (χ3n) is 1.49. The minimum Gasteiger partial charge on any atom is -0.396 e. The van der Waals surface area contributed by atoms with Crippen LogP contribution in [0.15, 0.2) is 0 Å². The Morgan fingerprint density at radius 2 is 2.15 bits per heavy atom. The molecule has 2 N–H and O–H groups in total. The lowest BCUT2D eigenvalue weighted by atomic mass is 10.3. The van der Waals surface area contributed by atoms with Gasteiger partial charge in [-0.1, -0.05) is 0 Å². The summed E-state index contributed by atoms with van der Waals surface area (Å²) in [5, 5.41) is 11.1. The zero-order valence-electron chi connectivity index (χ0n) is 7.91. The fourth-order valence-corrected chi connectivity index (χ4v) is 1.38. The second-order valence-corrected chi connectivity index (χ2v) is 4.36. The number of hydrogen-bond donors (Lipinski definition) is 2. The molecule has 0 aromatic rings. The second kappa shape index (κ2) is 8.19. The Labute approximate surface area is 81.2 Å². The molecule has 0 saturated heterocycles. The minimum atomic E-state index is -0.777. The van der Waals surface area contributed by atoms with Gasteiger partial charge in [0.15, 0.2) is 0 Å². The van der Waals surface area contributed by atoms with Crippen LogP contribution in [0.5, 0.6) is 0 Å². The van der Waals surface area contributed by atoms with Crippen LogP contribution in [0.2, 0.25) is 0 Å². The molecule has 0 heterocycles. The number of aliphatic hydroxyl groups is 1. The van der Waals surface area contributed by atoms with E-state index in [-0.39, 0.29) is 12.5 Å². The van der Waals surface area contributed by atoms with E-state index in [1.165, 1.54) is 0 Å².